The molecule has 1 heterocycles. The van der Waals surface area contributed by atoms with Crippen molar-refractivity contribution in [3.05, 3.63) is 23.0 Å². The van der Waals surface area contributed by atoms with Gasteiger partial charge in [-0.2, -0.15) is 0 Å². The first-order chi connectivity index (χ1) is 8.33. The van der Waals surface area contributed by atoms with Crippen molar-refractivity contribution in [2.24, 2.45) is 5.92 Å². The lowest BCUT2D eigenvalue weighted by molar-refractivity contribution is 0.00415. The Morgan fingerprint density at radius 2 is 2.06 bits per heavy atom. The van der Waals surface area contributed by atoms with Crippen LogP contribution in [0, 0.1) is 19.8 Å². The standard InChI is InChI=1S/C15H25NO2/c1-7-11(3)15(5,17)8-13-12(4)14(18-6)10(2)9-16-13/h9,11,17H,7-8H2,1-6H3. The van der Waals surface area contributed by atoms with Gasteiger partial charge in [0.25, 0.3) is 0 Å². The predicted molar refractivity (Wildman–Crippen MR) is 74.0 cm³/mol. The molecule has 3 nitrogen and oxygen atoms in total. The molecule has 1 rings (SSSR count). The molecule has 0 fully saturated rings. The first-order valence-electron chi connectivity index (χ1n) is 6.54. The average molecular weight is 251 g/mol. The van der Waals surface area contributed by atoms with Gasteiger partial charge in [0.05, 0.1) is 12.7 Å². The Morgan fingerprint density at radius 1 is 1.44 bits per heavy atom. The molecule has 0 radical (unpaired) electrons. The van der Waals surface area contributed by atoms with Gasteiger partial charge >= 0.3 is 0 Å². The van der Waals surface area contributed by atoms with E-state index in [0.29, 0.717) is 6.42 Å². The predicted octanol–water partition coefficient (Wildman–Crippen LogP) is 3.05. The van der Waals surface area contributed by atoms with Gasteiger partial charge in [-0.15, -0.1) is 0 Å². The van der Waals surface area contributed by atoms with E-state index in [0.717, 1.165) is 29.0 Å². The molecule has 3 heteroatoms. The molecule has 0 bridgehead atoms. The maximum absolute atomic E-state index is 10.5. The van der Waals surface area contributed by atoms with Crippen molar-refractivity contribution in [2.75, 3.05) is 7.11 Å². The second-order valence-electron chi connectivity index (χ2n) is 5.39. The first kappa shape index (κ1) is 15.0. The van der Waals surface area contributed by atoms with E-state index in [-0.39, 0.29) is 5.92 Å². The third kappa shape index (κ3) is 3.02. The molecule has 0 spiro atoms. The van der Waals surface area contributed by atoms with E-state index in [1.807, 2.05) is 27.0 Å². The number of aryl methyl sites for hydroxylation is 1. The molecule has 0 aromatic carbocycles. The fourth-order valence-electron chi connectivity index (χ4n) is 2.20. The van der Waals surface area contributed by atoms with Crippen molar-refractivity contribution < 1.29 is 9.84 Å². The van der Waals surface area contributed by atoms with Crippen LogP contribution in [0.25, 0.3) is 0 Å². The van der Waals surface area contributed by atoms with Crippen LogP contribution in [-0.4, -0.2) is 22.8 Å². The Bertz CT molecular complexity index is 413. The molecule has 1 aromatic rings. The van der Waals surface area contributed by atoms with E-state index < -0.39 is 5.60 Å². The molecule has 0 aliphatic heterocycles. The van der Waals surface area contributed by atoms with Crippen molar-refractivity contribution >= 4 is 0 Å². The maximum Gasteiger partial charge on any atom is 0.128 e. The number of methoxy groups -OCH3 is 1. The summed E-state index contributed by atoms with van der Waals surface area (Å²) in [5.74, 6) is 1.12. The first-order valence-corrected chi connectivity index (χ1v) is 6.54. The van der Waals surface area contributed by atoms with Crippen molar-refractivity contribution in [3.63, 3.8) is 0 Å². The number of pyridine rings is 1. The van der Waals surface area contributed by atoms with Crippen LogP contribution in [0.3, 0.4) is 0 Å². The number of hydrogen-bond acceptors (Lipinski definition) is 3. The lowest BCUT2D eigenvalue weighted by Gasteiger charge is -2.30. The van der Waals surface area contributed by atoms with Gasteiger partial charge in [0.15, 0.2) is 0 Å². The number of aliphatic hydroxyl groups is 1. The van der Waals surface area contributed by atoms with E-state index in [1.165, 1.54) is 0 Å². The van der Waals surface area contributed by atoms with Crippen molar-refractivity contribution in [2.45, 2.75) is 53.1 Å². The van der Waals surface area contributed by atoms with E-state index in [4.69, 9.17) is 4.74 Å². The van der Waals surface area contributed by atoms with Crippen LogP contribution in [0.5, 0.6) is 5.75 Å². The van der Waals surface area contributed by atoms with Crippen LogP contribution in [0.15, 0.2) is 6.20 Å². The van der Waals surface area contributed by atoms with Gasteiger partial charge in [-0.05, 0) is 26.7 Å². The molecule has 0 aliphatic rings. The van der Waals surface area contributed by atoms with Gasteiger partial charge in [-0.1, -0.05) is 20.3 Å². The van der Waals surface area contributed by atoms with Crippen LogP contribution < -0.4 is 4.74 Å². The molecule has 1 aromatic heterocycles. The van der Waals surface area contributed by atoms with Gasteiger partial charge in [0.1, 0.15) is 5.75 Å². The summed E-state index contributed by atoms with van der Waals surface area (Å²) >= 11 is 0. The number of hydrogen-bond donors (Lipinski definition) is 1. The highest BCUT2D eigenvalue weighted by Crippen LogP contribution is 2.29. The number of aromatic nitrogens is 1. The Hall–Kier alpha value is -1.09. The highest BCUT2D eigenvalue weighted by atomic mass is 16.5. The topological polar surface area (TPSA) is 42.4 Å². The summed E-state index contributed by atoms with van der Waals surface area (Å²) in [5, 5.41) is 10.5. The summed E-state index contributed by atoms with van der Waals surface area (Å²) in [6, 6.07) is 0. The third-order valence-electron chi connectivity index (χ3n) is 3.95. The SMILES string of the molecule is CCC(C)C(C)(O)Cc1ncc(C)c(OC)c1C. The molecule has 2 atom stereocenters. The maximum atomic E-state index is 10.5. The van der Waals surface area contributed by atoms with E-state index in [2.05, 4.69) is 18.8 Å². The lowest BCUT2D eigenvalue weighted by Crippen LogP contribution is -2.35. The molecule has 0 saturated heterocycles. The van der Waals surface area contributed by atoms with Crippen LogP contribution in [-0.2, 0) is 6.42 Å². The molecule has 2 unspecified atom stereocenters. The van der Waals surface area contributed by atoms with Gasteiger partial charge < -0.3 is 9.84 Å². The largest absolute Gasteiger partial charge is 0.496 e. The molecular formula is C15H25NO2. The van der Waals surface area contributed by atoms with Gasteiger partial charge in [-0.25, -0.2) is 0 Å². The Morgan fingerprint density at radius 3 is 2.56 bits per heavy atom. The minimum atomic E-state index is -0.729. The summed E-state index contributed by atoms with van der Waals surface area (Å²) in [4.78, 5) is 4.45. The second kappa shape index (κ2) is 5.70. The van der Waals surface area contributed by atoms with Crippen molar-refractivity contribution in [3.8, 4) is 5.75 Å². The zero-order valence-corrected chi connectivity index (χ0v) is 12.4. The fourth-order valence-corrected chi connectivity index (χ4v) is 2.20. The van der Waals surface area contributed by atoms with Crippen LogP contribution >= 0.6 is 0 Å². The summed E-state index contributed by atoms with van der Waals surface area (Å²) < 4.78 is 5.40. The summed E-state index contributed by atoms with van der Waals surface area (Å²) in [6.45, 7) is 10.0. The molecule has 1 N–H and O–H groups in total. The van der Waals surface area contributed by atoms with Crippen LogP contribution in [0.4, 0.5) is 0 Å². The monoisotopic (exact) mass is 251 g/mol. The number of ether oxygens (including phenoxy) is 1. The van der Waals surface area contributed by atoms with E-state index in [1.54, 1.807) is 7.11 Å². The number of nitrogens with zero attached hydrogens (tertiary/aromatic N) is 1. The van der Waals surface area contributed by atoms with Gasteiger partial charge in [0.2, 0.25) is 0 Å². The molecule has 0 amide bonds. The quantitative estimate of drug-likeness (QED) is 0.874. The fraction of sp³-hybridized carbons (Fsp3) is 0.667. The zero-order chi connectivity index (χ0) is 13.9. The van der Waals surface area contributed by atoms with Gasteiger partial charge in [0, 0.05) is 29.4 Å². The molecule has 18 heavy (non-hydrogen) atoms. The lowest BCUT2D eigenvalue weighted by atomic mass is 9.84. The Labute approximate surface area is 110 Å². The molecular weight excluding hydrogens is 226 g/mol. The molecule has 0 aliphatic carbocycles. The van der Waals surface area contributed by atoms with E-state index in [9.17, 15) is 5.11 Å². The van der Waals surface area contributed by atoms with Crippen LogP contribution in [0.2, 0.25) is 0 Å². The molecule has 102 valence electrons. The third-order valence-corrected chi connectivity index (χ3v) is 3.95. The Balaban J connectivity index is 3.05. The van der Waals surface area contributed by atoms with E-state index >= 15 is 0 Å². The minimum absolute atomic E-state index is 0.242. The van der Waals surface area contributed by atoms with Crippen LogP contribution in [0.1, 0.15) is 44.0 Å². The van der Waals surface area contributed by atoms with Crippen molar-refractivity contribution in [1.82, 2.24) is 4.98 Å². The normalized spacial score (nSPS) is 16.2. The highest BCUT2D eigenvalue weighted by Gasteiger charge is 2.29. The second-order valence-corrected chi connectivity index (χ2v) is 5.39. The smallest absolute Gasteiger partial charge is 0.128 e. The Kier molecular flexibility index (Phi) is 4.74. The summed E-state index contributed by atoms with van der Waals surface area (Å²) in [5.41, 5.74) is 2.25. The number of rotatable bonds is 5. The minimum Gasteiger partial charge on any atom is -0.496 e. The van der Waals surface area contributed by atoms with Crippen molar-refractivity contribution in [1.29, 1.82) is 0 Å². The molecule has 0 saturated carbocycles. The summed E-state index contributed by atoms with van der Waals surface area (Å²) in [7, 11) is 1.67. The summed E-state index contributed by atoms with van der Waals surface area (Å²) in [6.07, 6.45) is 3.33. The average Bonchev–Trinajstić information content (AvgIpc) is 2.32. The van der Waals surface area contributed by atoms with Gasteiger partial charge in [-0.3, -0.25) is 4.98 Å². The zero-order valence-electron chi connectivity index (χ0n) is 12.4. The highest BCUT2D eigenvalue weighted by molar-refractivity contribution is 5.41.